The number of hydrogen-bond acceptors (Lipinski definition) is 5. The third-order valence-corrected chi connectivity index (χ3v) is 3.77. The van der Waals surface area contributed by atoms with E-state index < -0.39 is 18.0 Å². The van der Waals surface area contributed by atoms with Crippen molar-refractivity contribution in [2.75, 3.05) is 11.9 Å². The smallest absolute Gasteiger partial charge is 0.344 e. The third kappa shape index (κ3) is 5.35. The lowest BCUT2D eigenvalue weighted by molar-refractivity contribution is -0.155. The van der Waals surface area contributed by atoms with Crippen LogP contribution in [0.2, 0.25) is 0 Å². The highest BCUT2D eigenvalue weighted by atomic mass is 16.6. The lowest BCUT2D eigenvalue weighted by atomic mass is 10.1. The molecule has 0 fully saturated rings. The van der Waals surface area contributed by atoms with Gasteiger partial charge in [0, 0.05) is 5.69 Å². The molecular formula is C20H20N2O4. The summed E-state index contributed by atoms with van der Waals surface area (Å²) < 4.78 is 10.5. The van der Waals surface area contributed by atoms with Gasteiger partial charge >= 0.3 is 5.97 Å². The number of benzene rings is 2. The van der Waals surface area contributed by atoms with Crippen molar-refractivity contribution >= 4 is 17.6 Å². The van der Waals surface area contributed by atoms with Crippen molar-refractivity contribution in [3.05, 3.63) is 59.2 Å². The van der Waals surface area contributed by atoms with Crippen LogP contribution in [0.5, 0.6) is 5.75 Å². The van der Waals surface area contributed by atoms with Crippen LogP contribution in [0.15, 0.2) is 42.5 Å². The lowest BCUT2D eigenvalue weighted by Gasteiger charge is -2.14. The number of esters is 1. The zero-order valence-electron chi connectivity index (χ0n) is 14.9. The van der Waals surface area contributed by atoms with Crippen LogP contribution in [-0.4, -0.2) is 24.6 Å². The highest BCUT2D eigenvalue weighted by Crippen LogP contribution is 2.16. The Morgan fingerprint density at radius 2 is 1.92 bits per heavy atom. The standard InChI is InChI=1S/C20H20N2O4/c1-13-7-8-18(9-14(13)2)25-12-19(23)26-15(3)20(24)22-17-6-4-5-16(10-17)11-21/h4-10,15H,12H2,1-3H3,(H,22,24)/t15-/m1/s1. The predicted molar refractivity (Wildman–Crippen MR) is 96.8 cm³/mol. The van der Waals surface area contributed by atoms with Gasteiger partial charge in [-0.3, -0.25) is 4.79 Å². The molecule has 0 heterocycles. The van der Waals surface area contributed by atoms with Crippen LogP contribution in [-0.2, 0) is 14.3 Å². The first-order valence-electron chi connectivity index (χ1n) is 8.09. The van der Waals surface area contributed by atoms with E-state index in [0.717, 1.165) is 11.1 Å². The van der Waals surface area contributed by atoms with Crippen LogP contribution in [0, 0.1) is 25.2 Å². The number of hydrogen-bond donors (Lipinski definition) is 1. The average molecular weight is 352 g/mol. The minimum Gasteiger partial charge on any atom is -0.482 e. The van der Waals surface area contributed by atoms with Crippen molar-refractivity contribution < 1.29 is 19.1 Å². The lowest BCUT2D eigenvalue weighted by Crippen LogP contribution is -2.31. The van der Waals surface area contributed by atoms with Gasteiger partial charge in [0.15, 0.2) is 12.7 Å². The molecule has 6 heteroatoms. The van der Waals surface area contributed by atoms with Crippen molar-refractivity contribution in [3.63, 3.8) is 0 Å². The molecule has 1 N–H and O–H groups in total. The fourth-order valence-electron chi connectivity index (χ4n) is 2.14. The molecule has 0 aliphatic heterocycles. The molecule has 2 rings (SSSR count). The Balaban J connectivity index is 1.84. The molecule has 0 aromatic heterocycles. The molecule has 0 saturated heterocycles. The molecule has 0 aliphatic carbocycles. The monoisotopic (exact) mass is 352 g/mol. The highest BCUT2D eigenvalue weighted by Gasteiger charge is 2.18. The topological polar surface area (TPSA) is 88.4 Å². The summed E-state index contributed by atoms with van der Waals surface area (Å²) in [6, 6.07) is 14.0. The number of rotatable bonds is 6. The van der Waals surface area contributed by atoms with Gasteiger partial charge in [-0.15, -0.1) is 0 Å². The molecule has 1 amide bonds. The van der Waals surface area contributed by atoms with Crippen LogP contribution in [0.3, 0.4) is 0 Å². The highest BCUT2D eigenvalue weighted by molar-refractivity contribution is 5.95. The van der Waals surface area contributed by atoms with Gasteiger partial charge in [-0.1, -0.05) is 12.1 Å². The second kappa shape index (κ2) is 8.67. The minimum absolute atomic E-state index is 0.288. The molecule has 0 aliphatic rings. The molecule has 6 nitrogen and oxygen atoms in total. The minimum atomic E-state index is -0.989. The van der Waals surface area contributed by atoms with Crippen molar-refractivity contribution in [1.29, 1.82) is 5.26 Å². The molecule has 0 unspecified atom stereocenters. The molecule has 2 aromatic carbocycles. The van der Waals surface area contributed by atoms with Crippen molar-refractivity contribution in [3.8, 4) is 11.8 Å². The fraction of sp³-hybridized carbons (Fsp3) is 0.250. The number of nitrogens with one attached hydrogen (secondary N) is 1. The van der Waals surface area contributed by atoms with E-state index in [1.807, 2.05) is 32.0 Å². The first kappa shape index (κ1) is 19.0. The molecule has 0 spiro atoms. The van der Waals surface area contributed by atoms with Gasteiger partial charge in [0.2, 0.25) is 0 Å². The summed E-state index contributed by atoms with van der Waals surface area (Å²) in [5.74, 6) is -0.563. The van der Waals surface area contributed by atoms with Crippen LogP contribution in [0.25, 0.3) is 0 Å². The summed E-state index contributed by atoms with van der Waals surface area (Å²) in [5, 5.41) is 11.5. The second-order valence-corrected chi connectivity index (χ2v) is 5.85. The largest absolute Gasteiger partial charge is 0.482 e. The van der Waals surface area contributed by atoms with Gasteiger partial charge in [-0.25, -0.2) is 4.79 Å². The number of ether oxygens (including phenoxy) is 2. The molecule has 0 saturated carbocycles. The maximum Gasteiger partial charge on any atom is 0.344 e. The van der Waals surface area contributed by atoms with Gasteiger partial charge in [0.05, 0.1) is 11.6 Å². The normalized spacial score (nSPS) is 11.2. The SMILES string of the molecule is Cc1ccc(OCC(=O)O[C@H](C)C(=O)Nc2cccc(C#N)c2)cc1C. The van der Waals surface area contributed by atoms with Crippen molar-refractivity contribution in [2.24, 2.45) is 0 Å². The Kier molecular flexibility index (Phi) is 6.34. The predicted octanol–water partition coefficient (Wildman–Crippen LogP) is 3.12. The number of amides is 1. The summed E-state index contributed by atoms with van der Waals surface area (Å²) in [7, 11) is 0. The van der Waals surface area contributed by atoms with E-state index in [0.29, 0.717) is 17.0 Å². The molecule has 26 heavy (non-hydrogen) atoms. The Bertz CT molecular complexity index is 855. The quantitative estimate of drug-likeness (QED) is 0.807. The summed E-state index contributed by atoms with van der Waals surface area (Å²) >= 11 is 0. The maximum absolute atomic E-state index is 12.1. The van der Waals surface area contributed by atoms with E-state index in [9.17, 15) is 9.59 Å². The molecule has 0 bridgehead atoms. The number of nitriles is 1. The van der Waals surface area contributed by atoms with E-state index in [-0.39, 0.29) is 6.61 Å². The van der Waals surface area contributed by atoms with Crippen molar-refractivity contribution in [1.82, 2.24) is 0 Å². The molecule has 0 radical (unpaired) electrons. The zero-order valence-corrected chi connectivity index (χ0v) is 14.9. The van der Waals surface area contributed by atoms with Gasteiger partial charge in [-0.05, 0) is 62.2 Å². The Hall–Kier alpha value is -3.33. The van der Waals surface area contributed by atoms with Crippen molar-refractivity contribution in [2.45, 2.75) is 26.9 Å². The fourth-order valence-corrected chi connectivity index (χ4v) is 2.14. The number of carbonyl (C=O) groups is 2. The molecule has 2 aromatic rings. The molecule has 1 atom stereocenters. The van der Waals surface area contributed by atoms with Crippen LogP contribution >= 0.6 is 0 Å². The Morgan fingerprint density at radius 1 is 1.15 bits per heavy atom. The van der Waals surface area contributed by atoms with E-state index in [1.165, 1.54) is 13.0 Å². The van der Waals surface area contributed by atoms with Crippen LogP contribution in [0.4, 0.5) is 5.69 Å². The maximum atomic E-state index is 12.1. The number of carbonyl (C=O) groups excluding carboxylic acids is 2. The average Bonchev–Trinajstić information content (AvgIpc) is 2.62. The van der Waals surface area contributed by atoms with E-state index in [1.54, 1.807) is 24.3 Å². The van der Waals surface area contributed by atoms with E-state index in [4.69, 9.17) is 14.7 Å². The van der Waals surface area contributed by atoms with Crippen LogP contribution < -0.4 is 10.1 Å². The molecular weight excluding hydrogens is 332 g/mol. The van der Waals surface area contributed by atoms with Gasteiger partial charge < -0.3 is 14.8 Å². The third-order valence-electron chi connectivity index (χ3n) is 3.77. The van der Waals surface area contributed by atoms with E-state index >= 15 is 0 Å². The van der Waals surface area contributed by atoms with Gasteiger partial charge in [0.1, 0.15) is 5.75 Å². The second-order valence-electron chi connectivity index (χ2n) is 5.85. The zero-order chi connectivity index (χ0) is 19.1. The Morgan fingerprint density at radius 3 is 2.62 bits per heavy atom. The van der Waals surface area contributed by atoms with Gasteiger partial charge in [0.25, 0.3) is 5.91 Å². The van der Waals surface area contributed by atoms with E-state index in [2.05, 4.69) is 5.32 Å². The first-order chi connectivity index (χ1) is 12.4. The number of anilines is 1. The summed E-state index contributed by atoms with van der Waals surface area (Å²) in [6.07, 6.45) is -0.989. The first-order valence-corrected chi connectivity index (χ1v) is 8.09. The summed E-state index contributed by atoms with van der Waals surface area (Å²) in [6.45, 7) is 5.12. The Labute approximate surface area is 152 Å². The molecule has 134 valence electrons. The van der Waals surface area contributed by atoms with Crippen LogP contribution in [0.1, 0.15) is 23.6 Å². The number of nitrogens with zero attached hydrogens (tertiary/aromatic N) is 1. The summed E-state index contributed by atoms with van der Waals surface area (Å²) in [5.41, 5.74) is 3.08. The number of aryl methyl sites for hydroxylation is 2. The summed E-state index contributed by atoms with van der Waals surface area (Å²) in [4.78, 5) is 24.0. The van der Waals surface area contributed by atoms with Gasteiger partial charge in [-0.2, -0.15) is 5.26 Å².